The number of esters is 1. The van der Waals surface area contributed by atoms with Crippen LogP contribution in [-0.4, -0.2) is 36.2 Å². The van der Waals surface area contributed by atoms with Crippen LogP contribution in [0, 0.1) is 0 Å². The van der Waals surface area contributed by atoms with Crippen molar-refractivity contribution >= 4 is 23.2 Å². The van der Waals surface area contributed by atoms with E-state index >= 15 is 0 Å². The predicted octanol–water partition coefficient (Wildman–Crippen LogP) is 3.67. The van der Waals surface area contributed by atoms with Crippen LogP contribution in [0.15, 0.2) is 48.8 Å². The van der Waals surface area contributed by atoms with Crippen LogP contribution in [0.4, 0.5) is 0 Å². The van der Waals surface area contributed by atoms with Crippen molar-refractivity contribution in [2.75, 3.05) is 14.2 Å². The van der Waals surface area contributed by atoms with Gasteiger partial charge in [0.25, 0.3) is 0 Å². The molecule has 1 N–H and O–H groups in total. The molecule has 0 bridgehead atoms. The van der Waals surface area contributed by atoms with E-state index in [-0.39, 0.29) is 12.1 Å². The highest BCUT2D eigenvalue weighted by Crippen LogP contribution is 2.42. The first-order valence-corrected chi connectivity index (χ1v) is 9.50. The minimum absolute atomic E-state index is 0.343. The molecule has 2 aromatic rings. The first-order valence-electron chi connectivity index (χ1n) is 9.09. The van der Waals surface area contributed by atoms with E-state index in [1.165, 1.54) is 0 Å². The number of thiocarbonyl (C=S) groups is 1. The SMILES string of the molecule is CNC(=S)C1(c2cccnc2)CCCCC1OC(=O)c1ccc(OC)cc1. The van der Waals surface area contributed by atoms with Gasteiger partial charge in [0.15, 0.2) is 0 Å². The van der Waals surface area contributed by atoms with Gasteiger partial charge in [-0.15, -0.1) is 0 Å². The molecule has 6 heteroatoms. The van der Waals surface area contributed by atoms with E-state index in [0.29, 0.717) is 16.3 Å². The van der Waals surface area contributed by atoms with Crippen molar-refractivity contribution in [1.29, 1.82) is 0 Å². The lowest BCUT2D eigenvalue weighted by atomic mass is 9.67. The molecule has 0 aliphatic heterocycles. The Morgan fingerprint density at radius 2 is 2.04 bits per heavy atom. The zero-order valence-electron chi connectivity index (χ0n) is 15.6. The van der Waals surface area contributed by atoms with Gasteiger partial charge in [-0.1, -0.05) is 24.7 Å². The van der Waals surface area contributed by atoms with Crippen LogP contribution in [0.25, 0.3) is 0 Å². The van der Waals surface area contributed by atoms with E-state index in [0.717, 1.165) is 31.2 Å². The molecular formula is C21H24N2O3S. The standard InChI is InChI=1S/C21H24N2O3S/c1-22-20(27)21(16-6-5-13-23-14-16)12-4-3-7-18(21)26-19(24)15-8-10-17(25-2)11-9-15/h5-6,8-11,13-14,18H,3-4,7,12H2,1-2H3,(H,22,27). The monoisotopic (exact) mass is 384 g/mol. The number of hydrogen-bond acceptors (Lipinski definition) is 5. The third-order valence-corrected chi connectivity index (χ3v) is 5.79. The summed E-state index contributed by atoms with van der Waals surface area (Å²) in [5, 5.41) is 3.13. The number of nitrogens with zero attached hydrogens (tertiary/aromatic N) is 1. The predicted molar refractivity (Wildman–Crippen MR) is 108 cm³/mol. The van der Waals surface area contributed by atoms with Crippen LogP contribution in [-0.2, 0) is 10.2 Å². The Labute approximate surface area is 165 Å². The van der Waals surface area contributed by atoms with Gasteiger partial charge in [0.1, 0.15) is 11.9 Å². The first-order chi connectivity index (χ1) is 13.1. The Bertz CT molecular complexity index is 795. The third-order valence-electron chi connectivity index (χ3n) is 5.22. The summed E-state index contributed by atoms with van der Waals surface area (Å²) in [6.45, 7) is 0. The molecule has 0 amide bonds. The lowest BCUT2D eigenvalue weighted by Gasteiger charge is -2.43. The Hall–Kier alpha value is -2.47. The van der Waals surface area contributed by atoms with E-state index in [9.17, 15) is 4.79 Å². The molecule has 1 heterocycles. The van der Waals surface area contributed by atoms with Gasteiger partial charge in [-0.05, 0) is 55.2 Å². The maximum Gasteiger partial charge on any atom is 0.338 e. The van der Waals surface area contributed by atoms with Crippen LogP contribution in [0.5, 0.6) is 5.75 Å². The number of aromatic nitrogens is 1. The summed E-state index contributed by atoms with van der Waals surface area (Å²) in [7, 11) is 3.41. The fraction of sp³-hybridized carbons (Fsp3) is 0.381. The maximum absolute atomic E-state index is 12.8. The summed E-state index contributed by atoms with van der Waals surface area (Å²) < 4.78 is 11.2. The number of ether oxygens (including phenoxy) is 2. The average molecular weight is 385 g/mol. The number of carbonyl (C=O) groups is 1. The molecule has 1 aromatic heterocycles. The van der Waals surface area contributed by atoms with Gasteiger partial charge in [-0.25, -0.2) is 4.79 Å². The minimum Gasteiger partial charge on any atom is -0.497 e. The summed E-state index contributed by atoms with van der Waals surface area (Å²) in [5.74, 6) is 0.349. The normalized spacial score (nSPS) is 21.9. The zero-order chi connectivity index (χ0) is 19.3. The second kappa shape index (κ2) is 8.48. The Morgan fingerprint density at radius 3 is 2.67 bits per heavy atom. The van der Waals surface area contributed by atoms with E-state index in [2.05, 4.69) is 10.3 Å². The number of nitrogens with one attached hydrogen (secondary N) is 1. The molecule has 5 nitrogen and oxygen atoms in total. The number of methoxy groups -OCH3 is 1. The number of rotatable bonds is 5. The zero-order valence-corrected chi connectivity index (χ0v) is 16.4. The molecule has 3 rings (SSSR count). The Morgan fingerprint density at radius 1 is 1.26 bits per heavy atom. The maximum atomic E-state index is 12.8. The second-order valence-corrected chi connectivity index (χ2v) is 7.07. The highest BCUT2D eigenvalue weighted by atomic mass is 32.1. The molecule has 2 atom stereocenters. The van der Waals surface area contributed by atoms with Gasteiger partial charge in [-0.2, -0.15) is 0 Å². The Kier molecular flexibility index (Phi) is 6.06. The van der Waals surface area contributed by atoms with Gasteiger partial charge in [0.05, 0.1) is 23.1 Å². The lowest BCUT2D eigenvalue weighted by Crippen LogP contribution is -2.53. The van der Waals surface area contributed by atoms with Crippen LogP contribution < -0.4 is 10.1 Å². The summed E-state index contributed by atoms with van der Waals surface area (Å²) in [6.07, 6.45) is 6.81. The number of benzene rings is 1. The van der Waals surface area contributed by atoms with Crippen LogP contribution in [0.2, 0.25) is 0 Å². The molecule has 1 saturated carbocycles. The largest absolute Gasteiger partial charge is 0.497 e. The van der Waals surface area contributed by atoms with Crippen molar-refractivity contribution in [2.45, 2.75) is 37.2 Å². The summed E-state index contributed by atoms with van der Waals surface area (Å²) in [6, 6.07) is 10.8. The summed E-state index contributed by atoms with van der Waals surface area (Å²) in [4.78, 5) is 17.8. The molecule has 2 unspecified atom stereocenters. The van der Waals surface area contributed by atoms with Crippen LogP contribution >= 0.6 is 12.2 Å². The number of likely N-dealkylation sites (N-methyl/N-ethyl adjacent to an activating group) is 1. The molecular weight excluding hydrogens is 360 g/mol. The van der Waals surface area contributed by atoms with E-state index in [1.807, 2.05) is 25.4 Å². The molecule has 1 fully saturated rings. The highest BCUT2D eigenvalue weighted by Gasteiger charge is 2.48. The molecule has 27 heavy (non-hydrogen) atoms. The van der Waals surface area contributed by atoms with Crippen molar-refractivity contribution in [3.8, 4) is 5.75 Å². The van der Waals surface area contributed by atoms with E-state index < -0.39 is 5.41 Å². The second-order valence-electron chi connectivity index (χ2n) is 6.66. The molecule has 1 aliphatic carbocycles. The number of carbonyl (C=O) groups excluding carboxylic acids is 1. The van der Waals surface area contributed by atoms with Crippen molar-refractivity contribution < 1.29 is 14.3 Å². The molecule has 0 saturated heterocycles. The third kappa shape index (κ3) is 3.81. The van der Waals surface area contributed by atoms with Gasteiger partial charge < -0.3 is 14.8 Å². The number of hydrogen-bond donors (Lipinski definition) is 1. The van der Waals surface area contributed by atoms with Gasteiger partial charge >= 0.3 is 5.97 Å². The number of pyridine rings is 1. The van der Waals surface area contributed by atoms with Crippen molar-refractivity contribution in [2.24, 2.45) is 0 Å². The Balaban J connectivity index is 1.92. The van der Waals surface area contributed by atoms with Gasteiger partial charge in [-0.3, -0.25) is 4.98 Å². The van der Waals surface area contributed by atoms with Gasteiger partial charge in [0, 0.05) is 19.4 Å². The van der Waals surface area contributed by atoms with Crippen LogP contribution in [0.3, 0.4) is 0 Å². The molecule has 0 radical (unpaired) electrons. The first kappa shape index (κ1) is 19.3. The molecule has 1 aliphatic rings. The van der Waals surface area contributed by atoms with Crippen molar-refractivity contribution in [1.82, 2.24) is 10.3 Å². The summed E-state index contributed by atoms with van der Waals surface area (Å²) in [5.41, 5.74) is 0.923. The quantitative estimate of drug-likeness (QED) is 0.627. The topological polar surface area (TPSA) is 60.5 Å². The smallest absolute Gasteiger partial charge is 0.338 e. The fourth-order valence-corrected chi connectivity index (χ4v) is 4.15. The summed E-state index contributed by atoms with van der Waals surface area (Å²) >= 11 is 5.70. The van der Waals surface area contributed by atoms with Crippen molar-refractivity contribution in [3.63, 3.8) is 0 Å². The van der Waals surface area contributed by atoms with E-state index in [4.69, 9.17) is 21.7 Å². The molecule has 1 aromatic carbocycles. The highest BCUT2D eigenvalue weighted by molar-refractivity contribution is 7.80. The minimum atomic E-state index is -0.557. The van der Waals surface area contributed by atoms with Gasteiger partial charge in [0.2, 0.25) is 0 Å². The lowest BCUT2D eigenvalue weighted by molar-refractivity contribution is 0.00430. The fourth-order valence-electron chi connectivity index (χ4n) is 3.80. The van der Waals surface area contributed by atoms with E-state index in [1.54, 1.807) is 37.6 Å². The van der Waals surface area contributed by atoms with Crippen LogP contribution in [0.1, 0.15) is 41.6 Å². The van der Waals surface area contributed by atoms with Crippen molar-refractivity contribution in [3.05, 3.63) is 59.9 Å². The molecule has 0 spiro atoms. The molecule has 142 valence electrons. The average Bonchev–Trinajstić information content (AvgIpc) is 2.74.